The number of esters is 1. The number of aryl methyl sites for hydroxylation is 1. The fourth-order valence-corrected chi connectivity index (χ4v) is 4.13. The van der Waals surface area contributed by atoms with Gasteiger partial charge in [0.1, 0.15) is 5.01 Å². The van der Waals surface area contributed by atoms with E-state index in [1.54, 1.807) is 0 Å². The van der Waals surface area contributed by atoms with Gasteiger partial charge in [-0.3, -0.25) is 0 Å². The summed E-state index contributed by atoms with van der Waals surface area (Å²) in [6, 6.07) is 5.73. The molecule has 3 rings (SSSR count). The van der Waals surface area contributed by atoms with Crippen molar-refractivity contribution in [3.63, 3.8) is 0 Å². The van der Waals surface area contributed by atoms with Gasteiger partial charge in [-0.1, -0.05) is 0 Å². The summed E-state index contributed by atoms with van der Waals surface area (Å²) in [4.78, 5) is 20.2. The van der Waals surface area contributed by atoms with Crippen molar-refractivity contribution in [1.29, 1.82) is 0 Å². The van der Waals surface area contributed by atoms with Crippen molar-refractivity contribution >= 4 is 23.0 Å². The van der Waals surface area contributed by atoms with E-state index in [9.17, 15) is 9.90 Å². The molecule has 1 unspecified atom stereocenters. The van der Waals surface area contributed by atoms with Crippen LogP contribution in [-0.4, -0.2) is 36.3 Å². The fraction of sp³-hybridized carbons (Fsp3) is 0.474. The Kier molecular flexibility index (Phi) is 5.11. The largest absolute Gasteiger partial charge is 0.459 e. The molecule has 6 heteroatoms. The molecule has 0 saturated carbocycles. The van der Waals surface area contributed by atoms with Gasteiger partial charge < -0.3 is 14.7 Å². The van der Waals surface area contributed by atoms with Crippen LogP contribution in [0, 0.1) is 0 Å². The minimum absolute atomic E-state index is 0.185. The second kappa shape index (κ2) is 7.14. The summed E-state index contributed by atoms with van der Waals surface area (Å²) in [5.74, 6) is -0.345. The Labute approximate surface area is 152 Å². The van der Waals surface area contributed by atoms with E-state index in [2.05, 4.69) is 0 Å². The maximum Gasteiger partial charge on any atom is 0.339 e. The second-order valence-electron chi connectivity index (χ2n) is 6.82. The predicted molar refractivity (Wildman–Crippen MR) is 100 cm³/mol. The third-order valence-corrected chi connectivity index (χ3v) is 5.47. The number of aromatic nitrogens is 1. The summed E-state index contributed by atoms with van der Waals surface area (Å²) in [5.41, 5.74) is 3.17. The van der Waals surface area contributed by atoms with Crippen LogP contribution in [0.2, 0.25) is 0 Å². The Morgan fingerprint density at radius 3 is 2.80 bits per heavy atom. The highest BCUT2D eigenvalue weighted by molar-refractivity contribution is 7.15. The minimum atomic E-state index is -0.442. The summed E-state index contributed by atoms with van der Waals surface area (Å²) in [6.45, 7) is 3.68. The highest BCUT2D eigenvalue weighted by Crippen LogP contribution is 2.39. The number of fused-ring (bicyclic) bond motifs is 1. The summed E-state index contributed by atoms with van der Waals surface area (Å²) in [5, 5.41) is 11.0. The Bertz CT molecular complexity index is 783. The van der Waals surface area contributed by atoms with Gasteiger partial charge in [-0.25, -0.2) is 9.78 Å². The van der Waals surface area contributed by atoms with Crippen molar-refractivity contribution in [2.24, 2.45) is 0 Å². The molecule has 0 amide bonds. The number of hydrogen-bond donors (Lipinski definition) is 1. The Morgan fingerprint density at radius 2 is 2.16 bits per heavy atom. The second-order valence-corrected chi connectivity index (χ2v) is 7.85. The van der Waals surface area contributed by atoms with Crippen LogP contribution in [0.25, 0.3) is 10.6 Å². The van der Waals surface area contributed by atoms with E-state index in [1.165, 1.54) is 11.3 Å². The monoisotopic (exact) mass is 360 g/mol. The average molecular weight is 360 g/mol. The molecule has 134 valence electrons. The molecule has 25 heavy (non-hydrogen) atoms. The first kappa shape index (κ1) is 17.9. The molecule has 5 nitrogen and oxygen atoms in total. The summed E-state index contributed by atoms with van der Waals surface area (Å²) in [6.07, 6.45) is 1.97. The summed E-state index contributed by atoms with van der Waals surface area (Å²) in [7, 11) is 3.87. The maximum atomic E-state index is 12.6. The molecule has 2 aromatic rings. The molecule has 1 heterocycles. The molecule has 0 saturated heterocycles. The Morgan fingerprint density at radius 1 is 1.40 bits per heavy atom. The van der Waals surface area contributed by atoms with Crippen LogP contribution in [0.4, 0.5) is 5.69 Å². The molecule has 1 N–H and O–H groups in total. The van der Waals surface area contributed by atoms with E-state index in [1.807, 2.05) is 51.0 Å². The Balaban J connectivity index is 2.07. The molecule has 1 atom stereocenters. The molecule has 1 aromatic heterocycles. The Hall–Kier alpha value is -1.92. The first-order valence-electron chi connectivity index (χ1n) is 8.57. The van der Waals surface area contributed by atoms with Gasteiger partial charge in [0, 0.05) is 25.3 Å². The van der Waals surface area contributed by atoms with Crippen LogP contribution < -0.4 is 4.90 Å². The van der Waals surface area contributed by atoms with E-state index in [-0.39, 0.29) is 12.1 Å². The van der Waals surface area contributed by atoms with Crippen molar-refractivity contribution in [1.82, 2.24) is 4.98 Å². The third kappa shape index (κ3) is 3.70. The van der Waals surface area contributed by atoms with Gasteiger partial charge in [0.05, 0.1) is 28.3 Å². The van der Waals surface area contributed by atoms with Crippen LogP contribution >= 0.6 is 11.3 Å². The first-order valence-corrected chi connectivity index (χ1v) is 9.39. The first-order chi connectivity index (χ1) is 11.9. The lowest BCUT2D eigenvalue weighted by Gasteiger charge is -2.16. The molecular formula is C19H24N2O3S. The number of ether oxygens (including phenoxy) is 1. The number of thiazole rings is 1. The number of rotatable bonds is 4. The molecular weight excluding hydrogens is 336 g/mol. The van der Waals surface area contributed by atoms with Gasteiger partial charge in [-0.05, 0) is 51.3 Å². The molecule has 1 aromatic carbocycles. The lowest BCUT2D eigenvalue weighted by molar-refractivity contribution is 0.0379. The van der Waals surface area contributed by atoms with Crippen LogP contribution in [0.5, 0.6) is 0 Å². The quantitative estimate of drug-likeness (QED) is 0.840. The normalized spacial score (nSPS) is 16.6. The van der Waals surface area contributed by atoms with Gasteiger partial charge >= 0.3 is 5.97 Å². The number of nitrogens with zero attached hydrogens (tertiary/aromatic N) is 2. The molecule has 0 bridgehead atoms. The van der Waals surface area contributed by atoms with E-state index in [0.29, 0.717) is 5.56 Å². The summed E-state index contributed by atoms with van der Waals surface area (Å²) >= 11 is 1.48. The van der Waals surface area contributed by atoms with Crippen molar-refractivity contribution in [3.05, 3.63) is 34.3 Å². The third-order valence-electron chi connectivity index (χ3n) is 4.23. The van der Waals surface area contributed by atoms with Crippen LogP contribution in [0.1, 0.15) is 53.7 Å². The van der Waals surface area contributed by atoms with Crippen LogP contribution in [0.15, 0.2) is 18.2 Å². The number of aliphatic hydroxyl groups excluding tert-OH is 1. The van der Waals surface area contributed by atoms with Crippen molar-refractivity contribution in [3.8, 4) is 10.6 Å². The van der Waals surface area contributed by atoms with E-state index in [4.69, 9.17) is 9.72 Å². The summed E-state index contributed by atoms with van der Waals surface area (Å²) < 4.78 is 5.43. The highest BCUT2D eigenvalue weighted by atomic mass is 32.1. The van der Waals surface area contributed by atoms with Gasteiger partial charge in [0.2, 0.25) is 0 Å². The van der Waals surface area contributed by atoms with E-state index < -0.39 is 6.10 Å². The lowest BCUT2D eigenvalue weighted by Crippen LogP contribution is -2.15. The zero-order chi connectivity index (χ0) is 18.1. The predicted octanol–water partition coefficient (Wildman–Crippen LogP) is 3.81. The van der Waals surface area contributed by atoms with Crippen molar-refractivity contribution < 1.29 is 14.6 Å². The van der Waals surface area contributed by atoms with E-state index in [0.717, 1.165) is 46.1 Å². The number of carbonyl (C=O) groups is 1. The molecule has 1 aliphatic carbocycles. The van der Waals surface area contributed by atoms with Crippen molar-refractivity contribution in [2.75, 3.05) is 19.0 Å². The van der Waals surface area contributed by atoms with Gasteiger partial charge in [-0.15, -0.1) is 11.3 Å². The van der Waals surface area contributed by atoms with Gasteiger partial charge in [0.15, 0.2) is 0 Å². The molecule has 0 radical (unpaired) electrons. The molecule has 0 fully saturated rings. The molecule has 1 aliphatic rings. The number of hydrogen-bond acceptors (Lipinski definition) is 6. The number of carbonyl (C=O) groups excluding carboxylic acids is 1. The zero-order valence-electron chi connectivity index (χ0n) is 15.1. The topological polar surface area (TPSA) is 62.7 Å². The van der Waals surface area contributed by atoms with Crippen LogP contribution in [-0.2, 0) is 11.2 Å². The number of anilines is 1. The van der Waals surface area contributed by atoms with E-state index >= 15 is 0 Å². The lowest BCUT2D eigenvalue weighted by atomic mass is 10.0. The maximum absolute atomic E-state index is 12.6. The van der Waals surface area contributed by atoms with Gasteiger partial charge in [0.25, 0.3) is 0 Å². The van der Waals surface area contributed by atoms with Crippen molar-refractivity contribution in [2.45, 2.75) is 45.3 Å². The fourth-order valence-electron chi connectivity index (χ4n) is 2.96. The van der Waals surface area contributed by atoms with Crippen LogP contribution in [0.3, 0.4) is 0 Å². The van der Waals surface area contributed by atoms with Gasteiger partial charge in [-0.2, -0.15) is 0 Å². The standard InChI is InChI=1S/C19H24N2O3S/c1-11(2)24-19(23)14-10-12(21(3)4)8-9-13(14)18-20-15-6-5-7-16(22)17(15)25-18/h8-11,16,22H,5-7H2,1-4H3. The number of benzene rings is 1. The SMILES string of the molecule is CC(C)OC(=O)c1cc(N(C)C)ccc1-c1nc2c(s1)C(O)CCC2. The average Bonchev–Trinajstić information content (AvgIpc) is 2.99. The molecule has 0 aliphatic heterocycles. The smallest absolute Gasteiger partial charge is 0.339 e. The number of aliphatic hydroxyl groups is 1. The highest BCUT2D eigenvalue weighted by Gasteiger charge is 2.25. The zero-order valence-corrected chi connectivity index (χ0v) is 15.9. The molecule has 0 spiro atoms. The minimum Gasteiger partial charge on any atom is -0.459 e.